The molecule has 0 spiro atoms. The van der Waals surface area contributed by atoms with Crippen LogP contribution in [0.25, 0.3) is 5.65 Å². The molecule has 0 unspecified atom stereocenters. The fraction of sp³-hybridized carbons (Fsp3) is 0.409. The number of sulfone groups is 1. The van der Waals surface area contributed by atoms with Crippen molar-refractivity contribution in [3.8, 4) is 0 Å². The van der Waals surface area contributed by atoms with E-state index in [9.17, 15) is 26.4 Å². The Morgan fingerprint density at radius 2 is 1.82 bits per heavy atom. The largest absolute Gasteiger partial charge is 0.416 e. The van der Waals surface area contributed by atoms with Gasteiger partial charge in [0.05, 0.1) is 21.4 Å². The van der Waals surface area contributed by atoms with Gasteiger partial charge >= 0.3 is 6.18 Å². The van der Waals surface area contributed by atoms with E-state index in [2.05, 4.69) is 10.1 Å². The highest BCUT2D eigenvalue weighted by atomic mass is 32.2. The average molecular weight is 481 g/mol. The summed E-state index contributed by atoms with van der Waals surface area (Å²) >= 11 is 0. The van der Waals surface area contributed by atoms with Crippen molar-refractivity contribution in [2.45, 2.75) is 42.5 Å². The molecule has 1 saturated heterocycles. The molecule has 3 aromatic rings. The van der Waals surface area contributed by atoms with Gasteiger partial charge in [-0.15, -0.1) is 0 Å². The molecule has 1 aromatic carbocycles. The zero-order valence-electron chi connectivity index (χ0n) is 18.1. The molecule has 33 heavy (non-hydrogen) atoms. The van der Waals surface area contributed by atoms with E-state index in [4.69, 9.17) is 0 Å². The molecule has 1 amide bonds. The normalized spacial score (nSPS) is 16.3. The van der Waals surface area contributed by atoms with Crippen LogP contribution in [0.1, 0.15) is 42.6 Å². The van der Waals surface area contributed by atoms with Crippen LogP contribution in [0.3, 0.4) is 0 Å². The molecule has 0 bridgehead atoms. The summed E-state index contributed by atoms with van der Waals surface area (Å²) < 4.78 is 66.1. The Kier molecular flexibility index (Phi) is 5.71. The molecule has 7 nitrogen and oxygen atoms in total. The highest BCUT2D eigenvalue weighted by Crippen LogP contribution is 2.39. The van der Waals surface area contributed by atoms with Crippen molar-refractivity contribution in [3.63, 3.8) is 0 Å². The van der Waals surface area contributed by atoms with Crippen LogP contribution in [0.5, 0.6) is 0 Å². The number of hydrogen-bond donors (Lipinski definition) is 0. The molecule has 3 heterocycles. The summed E-state index contributed by atoms with van der Waals surface area (Å²) in [6, 6.07) is 5.55. The van der Waals surface area contributed by atoms with E-state index in [-0.39, 0.29) is 16.7 Å². The van der Waals surface area contributed by atoms with E-state index in [1.165, 1.54) is 16.8 Å². The Labute approximate surface area is 189 Å². The fourth-order valence-electron chi connectivity index (χ4n) is 4.29. The maximum Gasteiger partial charge on any atom is 0.416 e. The number of alkyl halides is 3. The summed E-state index contributed by atoms with van der Waals surface area (Å²) in [7, 11) is -4.06. The van der Waals surface area contributed by atoms with Crippen molar-refractivity contribution in [3.05, 3.63) is 60.0 Å². The topological polar surface area (TPSA) is 84.6 Å². The number of benzene rings is 1. The van der Waals surface area contributed by atoms with Crippen molar-refractivity contribution >= 4 is 21.4 Å². The number of rotatable bonds is 4. The first-order chi connectivity index (χ1) is 15.4. The minimum absolute atomic E-state index is 0.235. The number of carbonyl (C=O) groups is 1. The predicted molar refractivity (Wildman–Crippen MR) is 114 cm³/mol. The second-order valence-electron chi connectivity index (χ2n) is 8.65. The SMILES string of the molecule is CC(C)(C1CCN(C(=O)c2cnn3cccnc23)CC1)S(=O)(=O)c1cccc(C(F)(F)F)c1. The molecule has 1 aliphatic heterocycles. The summed E-state index contributed by atoms with van der Waals surface area (Å²) in [5, 5.41) is 4.13. The highest BCUT2D eigenvalue weighted by Gasteiger charge is 2.45. The number of aromatic nitrogens is 3. The van der Waals surface area contributed by atoms with E-state index in [0.717, 1.165) is 12.1 Å². The van der Waals surface area contributed by atoms with Crippen molar-refractivity contribution in [2.24, 2.45) is 5.92 Å². The minimum Gasteiger partial charge on any atom is -0.338 e. The van der Waals surface area contributed by atoms with Crippen molar-refractivity contribution in [1.82, 2.24) is 19.5 Å². The Morgan fingerprint density at radius 1 is 1.12 bits per heavy atom. The standard InChI is InChI=1S/C22H23F3N4O3S/c1-21(2,33(31,32)17-6-3-5-16(13-17)22(23,24)25)15-7-11-28(12-8-15)20(30)18-14-27-29-10-4-9-26-19(18)29/h3-6,9-10,13-15H,7-8,11-12H2,1-2H3. The Morgan fingerprint density at radius 3 is 2.48 bits per heavy atom. The molecule has 1 fully saturated rings. The summed E-state index contributed by atoms with van der Waals surface area (Å²) in [5.74, 6) is -0.566. The number of likely N-dealkylation sites (tertiary alicyclic amines) is 1. The fourth-order valence-corrected chi connectivity index (χ4v) is 6.11. The summed E-state index contributed by atoms with van der Waals surface area (Å²) in [6.45, 7) is 3.74. The lowest BCUT2D eigenvalue weighted by atomic mass is 9.85. The zero-order chi connectivity index (χ0) is 24.0. The molecular formula is C22H23F3N4O3S. The molecule has 4 rings (SSSR count). The number of carbonyl (C=O) groups excluding carboxylic acids is 1. The Bertz CT molecular complexity index is 1290. The molecular weight excluding hydrogens is 457 g/mol. The Hall–Kier alpha value is -2.95. The zero-order valence-corrected chi connectivity index (χ0v) is 18.9. The maximum atomic E-state index is 13.3. The number of hydrogen-bond acceptors (Lipinski definition) is 5. The van der Waals surface area contributed by atoms with E-state index in [0.29, 0.717) is 43.2 Å². The lowest BCUT2D eigenvalue weighted by molar-refractivity contribution is -0.137. The van der Waals surface area contributed by atoms with Crippen LogP contribution in [-0.4, -0.2) is 51.7 Å². The highest BCUT2D eigenvalue weighted by molar-refractivity contribution is 7.92. The monoisotopic (exact) mass is 480 g/mol. The van der Waals surface area contributed by atoms with Gasteiger partial charge in [-0.3, -0.25) is 4.79 Å². The Balaban J connectivity index is 1.51. The van der Waals surface area contributed by atoms with Crippen LogP contribution in [0.15, 0.2) is 53.8 Å². The molecule has 0 radical (unpaired) electrons. The number of nitrogens with zero attached hydrogens (tertiary/aromatic N) is 4. The summed E-state index contributed by atoms with van der Waals surface area (Å²) in [6.07, 6.45) is 0.897. The smallest absolute Gasteiger partial charge is 0.338 e. The lowest BCUT2D eigenvalue weighted by Crippen LogP contribution is -2.47. The molecule has 176 valence electrons. The van der Waals surface area contributed by atoms with Crippen LogP contribution in [0.4, 0.5) is 13.2 Å². The average Bonchev–Trinajstić information content (AvgIpc) is 3.22. The molecule has 0 atom stereocenters. The number of piperidine rings is 1. The van der Waals surface area contributed by atoms with Gasteiger partial charge in [-0.05, 0) is 56.9 Å². The van der Waals surface area contributed by atoms with E-state index in [1.807, 2.05) is 0 Å². The third-order valence-corrected chi connectivity index (χ3v) is 9.03. The lowest BCUT2D eigenvalue weighted by Gasteiger charge is -2.40. The summed E-state index contributed by atoms with van der Waals surface area (Å²) in [4.78, 5) is 18.5. The van der Waals surface area contributed by atoms with Gasteiger partial charge in [-0.25, -0.2) is 17.9 Å². The van der Waals surface area contributed by atoms with Gasteiger partial charge in [0.2, 0.25) is 0 Å². The van der Waals surface area contributed by atoms with E-state index in [1.54, 1.807) is 37.2 Å². The van der Waals surface area contributed by atoms with E-state index < -0.39 is 26.3 Å². The molecule has 2 aromatic heterocycles. The first-order valence-corrected chi connectivity index (χ1v) is 11.9. The van der Waals surface area contributed by atoms with Gasteiger partial charge in [-0.2, -0.15) is 18.3 Å². The van der Waals surface area contributed by atoms with Gasteiger partial charge in [0, 0.05) is 25.5 Å². The second-order valence-corrected chi connectivity index (χ2v) is 11.2. The second kappa shape index (κ2) is 8.12. The van der Waals surface area contributed by atoms with Crippen LogP contribution >= 0.6 is 0 Å². The third-order valence-electron chi connectivity index (χ3n) is 6.44. The maximum absolute atomic E-state index is 13.3. The van der Waals surface area contributed by atoms with Crippen LogP contribution in [0.2, 0.25) is 0 Å². The van der Waals surface area contributed by atoms with Gasteiger partial charge < -0.3 is 4.90 Å². The van der Waals surface area contributed by atoms with Gasteiger partial charge in [0.15, 0.2) is 15.5 Å². The predicted octanol–water partition coefficient (Wildman–Crippen LogP) is 3.85. The number of fused-ring (bicyclic) bond motifs is 1. The third kappa shape index (κ3) is 4.09. The first-order valence-electron chi connectivity index (χ1n) is 10.4. The van der Waals surface area contributed by atoms with Gasteiger partial charge in [0.1, 0.15) is 5.56 Å². The molecule has 0 aliphatic carbocycles. The summed E-state index contributed by atoms with van der Waals surface area (Å²) in [5.41, 5.74) is -0.191. The van der Waals surface area contributed by atoms with Crippen LogP contribution < -0.4 is 0 Å². The van der Waals surface area contributed by atoms with Crippen LogP contribution in [0, 0.1) is 5.92 Å². The molecule has 0 N–H and O–H groups in total. The number of amides is 1. The van der Waals surface area contributed by atoms with Crippen molar-refractivity contribution in [1.29, 1.82) is 0 Å². The quantitative estimate of drug-likeness (QED) is 0.566. The van der Waals surface area contributed by atoms with Gasteiger partial charge in [0.25, 0.3) is 5.91 Å². The van der Waals surface area contributed by atoms with Crippen LogP contribution in [-0.2, 0) is 16.0 Å². The molecule has 11 heteroatoms. The molecule has 0 saturated carbocycles. The first kappa shape index (κ1) is 23.2. The van der Waals surface area contributed by atoms with Crippen molar-refractivity contribution < 1.29 is 26.4 Å². The van der Waals surface area contributed by atoms with Gasteiger partial charge in [-0.1, -0.05) is 6.07 Å². The minimum atomic E-state index is -4.63. The van der Waals surface area contributed by atoms with Crippen molar-refractivity contribution in [2.75, 3.05) is 13.1 Å². The molecule has 1 aliphatic rings. The van der Waals surface area contributed by atoms with E-state index >= 15 is 0 Å². The number of halogens is 3.